The quantitative estimate of drug-likeness (QED) is 0.0580. The van der Waals surface area contributed by atoms with Crippen molar-refractivity contribution in [1.82, 2.24) is 0 Å². The third kappa shape index (κ3) is 6.55. The first-order valence-corrected chi connectivity index (χ1v) is 22.3. The van der Waals surface area contributed by atoms with E-state index in [0.29, 0.717) is 31.8 Å². The number of rotatable bonds is 13. The van der Waals surface area contributed by atoms with Crippen LogP contribution in [-0.2, 0) is 38.1 Å². The number of hydrogen-bond donors (Lipinski definition) is 0. The normalized spacial score (nSPS) is 12.8. The zero-order chi connectivity index (χ0) is 41.2. The summed E-state index contributed by atoms with van der Waals surface area (Å²) in [6, 6.07) is 55.5. The summed E-state index contributed by atoms with van der Waals surface area (Å²) in [5.74, 6) is -3.60. The van der Waals surface area contributed by atoms with Gasteiger partial charge in [0.2, 0.25) is 0 Å². The number of ether oxygens (including phenoxy) is 4. The molecule has 292 valence electrons. The van der Waals surface area contributed by atoms with Crippen LogP contribution in [0.25, 0.3) is 0 Å². The molecule has 10 heteroatoms. The molecule has 0 spiro atoms. The van der Waals surface area contributed by atoms with Crippen LogP contribution in [0.3, 0.4) is 0 Å². The Kier molecular flexibility index (Phi) is 12.6. The molecule has 0 aromatic heterocycles. The molecule has 0 aliphatic heterocycles. The van der Waals surface area contributed by atoms with Crippen LogP contribution in [-0.4, -0.2) is 52.3 Å². The summed E-state index contributed by atoms with van der Waals surface area (Å²) in [4.78, 5) is 60.7. The fraction of sp³-hybridized carbons (Fsp3) is 0.0833. The SMILES string of the molecule is COC(=O)C=C(C(=O)OC)P(/C(C(=O)OC)=C(\C(=O)OC)[P+](c1ccccc1)(c1ccccc1)c1ccccc1)(c1ccccc1)(c1ccccc1)c1ccccc1. The Morgan fingerprint density at radius 1 is 0.414 bits per heavy atom. The van der Waals surface area contributed by atoms with Gasteiger partial charge >= 0.3 is 340 Å². The number of methoxy groups -OCH3 is 4. The van der Waals surface area contributed by atoms with Crippen LogP contribution in [0.15, 0.2) is 204 Å². The van der Waals surface area contributed by atoms with Crippen LogP contribution in [0.4, 0.5) is 0 Å². The second-order valence-electron chi connectivity index (χ2n) is 13.0. The summed E-state index contributed by atoms with van der Waals surface area (Å²) in [7, 11) is 1.27. The summed E-state index contributed by atoms with van der Waals surface area (Å²) >= 11 is 0. The molecule has 0 aliphatic rings. The molecule has 0 fully saturated rings. The van der Waals surface area contributed by atoms with Crippen molar-refractivity contribution in [2.45, 2.75) is 0 Å². The molecule has 0 radical (unpaired) electrons. The van der Waals surface area contributed by atoms with E-state index in [1.54, 1.807) is 72.8 Å². The third-order valence-electron chi connectivity index (χ3n) is 10.3. The van der Waals surface area contributed by atoms with Crippen LogP contribution >= 0.6 is 13.9 Å². The number of hydrogen-bond acceptors (Lipinski definition) is 8. The zero-order valence-electron chi connectivity index (χ0n) is 32.6. The van der Waals surface area contributed by atoms with Gasteiger partial charge in [0.1, 0.15) is 0 Å². The summed E-state index contributed by atoms with van der Waals surface area (Å²) in [5, 5.41) is 2.97. The molecule has 0 saturated heterocycles. The van der Waals surface area contributed by atoms with E-state index in [4.69, 9.17) is 18.9 Å². The maximum absolute atomic E-state index is 15.9. The van der Waals surface area contributed by atoms with Gasteiger partial charge < -0.3 is 0 Å². The molecular weight excluding hydrogens is 766 g/mol. The average Bonchev–Trinajstić information content (AvgIpc) is 3.30. The van der Waals surface area contributed by atoms with E-state index in [1.165, 1.54) is 28.4 Å². The molecule has 0 unspecified atom stereocenters. The summed E-state index contributed by atoms with van der Waals surface area (Å²) in [6.07, 6.45) is 1.09. The van der Waals surface area contributed by atoms with Crippen LogP contribution in [0.1, 0.15) is 0 Å². The predicted octanol–water partition coefficient (Wildman–Crippen LogP) is 6.30. The predicted molar refractivity (Wildman–Crippen MR) is 233 cm³/mol. The fourth-order valence-electron chi connectivity index (χ4n) is 8.06. The molecule has 0 heterocycles. The van der Waals surface area contributed by atoms with Crippen LogP contribution in [0.5, 0.6) is 0 Å². The van der Waals surface area contributed by atoms with Gasteiger partial charge in [-0.2, -0.15) is 0 Å². The van der Waals surface area contributed by atoms with Crippen LogP contribution < -0.4 is 31.8 Å². The molecule has 58 heavy (non-hydrogen) atoms. The minimum atomic E-state index is -5.49. The van der Waals surface area contributed by atoms with Crippen LogP contribution in [0.2, 0.25) is 0 Å². The number of carbonyl (C=O) groups excluding carboxylic acids is 4. The molecule has 8 nitrogen and oxygen atoms in total. The van der Waals surface area contributed by atoms with Crippen LogP contribution in [0, 0.1) is 0 Å². The Labute approximate surface area is 339 Å². The molecule has 0 saturated carbocycles. The Morgan fingerprint density at radius 3 is 1.02 bits per heavy atom. The Morgan fingerprint density at radius 2 is 0.724 bits per heavy atom. The molecule has 0 N–H and O–H groups in total. The van der Waals surface area contributed by atoms with E-state index in [0.717, 1.165) is 6.08 Å². The first kappa shape index (κ1) is 41.2. The summed E-state index contributed by atoms with van der Waals surface area (Å²) in [6.45, 7) is -5.49. The third-order valence-corrected chi connectivity index (χ3v) is 21.4. The first-order chi connectivity index (χ1) is 28.3. The van der Waals surface area contributed by atoms with Gasteiger partial charge in [-0.05, 0) is 0 Å². The van der Waals surface area contributed by atoms with Crippen molar-refractivity contribution in [2.75, 3.05) is 28.4 Å². The summed E-state index contributed by atoms with van der Waals surface area (Å²) in [5.41, 5.74) is 0. The van der Waals surface area contributed by atoms with E-state index >= 15 is 14.4 Å². The van der Waals surface area contributed by atoms with E-state index in [1.807, 2.05) is 109 Å². The van der Waals surface area contributed by atoms with E-state index < -0.39 is 37.7 Å². The van der Waals surface area contributed by atoms with Gasteiger partial charge in [-0.1, -0.05) is 0 Å². The number of esters is 4. The van der Waals surface area contributed by atoms with Gasteiger partial charge in [0.05, 0.1) is 0 Å². The van der Waals surface area contributed by atoms with Crippen molar-refractivity contribution in [1.29, 1.82) is 0 Å². The molecule has 6 rings (SSSR count). The topological polar surface area (TPSA) is 105 Å². The molecule has 0 aliphatic carbocycles. The summed E-state index contributed by atoms with van der Waals surface area (Å²) < 4.78 is 22.8. The van der Waals surface area contributed by atoms with Gasteiger partial charge in [0, 0.05) is 0 Å². The monoisotopic (exact) mass is 809 g/mol. The second-order valence-corrected chi connectivity index (χ2v) is 21.1. The Balaban J connectivity index is 2.19. The van der Waals surface area contributed by atoms with Gasteiger partial charge in [-0.3, -0.25) is 0 Å². The van der Waals surface area contributed by atoms with E-state index in [2.05, 4.69) is 0 Å². The van der Waals surface area contributed by atoms with Gasteiger partial charge in [0.25, 0.3) is 0 Å². The molecule has 6 aromatic carbocycles. The van der Waals surface area contributed by atoms with E-state index in [-0.39, 0.29) is 15.9 Å². The fourth-order valence-corrected chi connectivity index (χ4v) is 20.3. The molecular formula is C48H43O8P2+. The van der Waals surface area contributed by atoms with Gasteiger partial charge in [-0.15, -0.1) is 0 Å². The molecule has 0 atom stereocenters. The van der Waals surface area contributed by atoms with Crippen molar-refractivity contribution in [2.24, 2.45) is 0 Å². The maximum atomic E-state index is 15.9. The Hall–Kier alpha value is -6.46. The number of carbonyl (C=O) groups is 4. The Bertz CT molecular complexity index is 2260. The molecule has 6 aromatic rings. The van der Waals surface area contributed by atoms with Crippen molar-refractivity contribution >= 4 is 69.6 Å². The minimum absolute atomic E-state index is 0.0423. The van der Waals surface area contributed by atoms with Crippen molar-refractivity contribution < 1.29 is 38.1 Å². The molecule has 0 bridgehead atoms. The zero-order valence-corrected chi connectivity index (χ0v) is 34.3. The van der Waals surface area contributed by atoms with Gasteiger partial charge in [0.15, 0.2) is 0 Å². The van der Waals surface area contributed by atoms with Gasteiger partial charge in [-0.25, -0.2) is 0 Å². The first-order valence-electron chi connectivity index (χ1n) is 18.3. The van der Waals surface area contributed by atoms with Crippen molar-refractivity contribution in [3.63, 3.8) is 0 Å². The van der Waals surface area contributed by atoms with E-state index in [9.17, 15) is 4.79 Å². The standard InChI is InChI=1S/C48H43O8P2/c1-53-43(49)35-42(46(50)54-2)58(39-29-17-8-18-30-39,40-31-19-9-20-32-40,41-33-21-10-22-34-41)45(48(52)56-4)44(47(51)55-3)57(36-23-11-5-12-24-36,37-25-13-6-14-26-37)38-27-15-7-16-28-38/h5-35H,1-4H3/q+1/b42-35?,45-44+. The van der Waals surface area contributed by atoms with Crippen molar-refractivity contribution in [3.05, 3.63) is 204 Å². The molecule has 0 amide bonds. The average molecular weight is 810 g/mol. The van der Waals surface area contributed by atoms with Crippen molar-refractivity contribution in [3.8, 4) is 0 Å². The number of benzene rings is 6. The second kappa shape index (κ2) is 17.8.